The first-order valence-electron chi connectivity index (χ1n) is 7.79. The lowest BCUT2D eigenvalue weighted by Gasteiger charge is -2.25. The fraction of sp³-hybridized carbons (Fsp3) is 0.368. The van der Waals surface area contributed by atoms with Gasteiger partial charge >= 0.3 is 0 Å². The molecule has 1 saturated carbocycles. The van der Waals surface area contributed by atoms with Crippen molar-refractivity contribution >= 4 is 0 Å². The van der Waals surface area contributed by atoms with Crippen LogP contribution in [0.15, 0.2) is 48.5 Å². The molecule has 1 fully saturated rings. The maximum atomic E-state index is 10.9. The highest BCUT2D eigenvalue weighted by atomic mass is 16.5. The largest absolute Gasteiger partial charge is 0.493 e. The lowest BCUT2D eigenvalue weighted by molar-refractivity contribution is 0.133. The number of aryl methyl sites for hydroxylation is 1. The van der Waals surface area contributed by atoms with Crippen molar-refractivity contribution in [2.75, 3.05) is 6.61 Å². The summed E-state index contributed by atoms with van der Waals surface area (Å²) in [4.78, 5) is 0. The van der Waals surface area contributed by atoms with Crippen LogP contribution in [0, 0.1) is 0 Å². The quantitative estimate of drug-likeness (QED) is 0.927. The summed E-state index contributed by atoms with van der Waals surface area (Å²) in [5, 5.41) is 10.9. The molecular formula is C19H20O2. The highest BCUT2D eigenvalue weighted by molar-refractivity contribution is 5.43. The molecule has 2 aromatic carbocycles. The number of benzene rings is 2. The molecule has 1 aliphatic heterocycles. The highest BCUT2D eigenvalue weighted by Gasteiger charge is 2.50. The number of aliphatic hydroxyl groups excluding tert-OH is 1. The van der Waals surface area contributed by atoms with Crippen LogP contribution in [-0.4, -0.2) is 11.7 Å². The van der Waals surface area contributed by atoms with Crippen molar-refractivity contribution in [3.8, 4) is 5.75 Å². The summed E-state index contributed by atoms with van der Waals surface area (Å²) in [5.41, 5.74) is 3.44. The van der Waals surface area contributed by atoms with Gasteiger partial charge in [-0.15, -0.1) is 0 Å². The second-order valence-corrected chi connectivity index (χ2v) is 6.24. The standard InChI is InChI=1S/C19H20O2/c20-18(19(10-11-19)16-6-2-1-3-7-16)15-8-9-17-14(13-15)5-4-12-21-17/h1-3,6-9,13,18,20H,4-5,10-12H2. The van der Waals surface area contributed by atoms with Crippen LogP contribution in [0.25, 0.3) is 0 Å². The molecule has 4 rings (SSSR count). The average molecular weight is 280 g/mol. The van der Waals surface area contributed by atoms with Crippen LogP contribution in [0.5, 0.6) is 5.75 Å². The molecule has 2 aliphatic rings. The van der Waals surface area contributed by atoms with E-state index >= 15 is 0 Å². The molecule has 0 saturated heterocycles. The molecule has 1 heterocycles. The topological polar surface area (TPSA) is 29.5 Å². The Morgan fingerprint density at radius 2 is 1.86 bits per heavy atom. The third kappa shape index (κ3) is 2.14. The Morgan fingerprint density at radius 3 is 2.62 bits per heavy atom. The summed E-state index contributed by atoms with van der Waals surface area (Å²) in [5.74, 6) is 0.988. The van der Waals surface area contributed by atoms with Gasteiger partial charge in [0.1, 0.15) is 5.75 Å². The average Bonchev–Trinajstić information content (AvgIpc) is 3.36. The lowest BCUT2D eigenvalue weighted by Crippen LogP contribution is -2.19. The minimum Gasteiger partial charge on any atom is -0.493 e. The molecule has 0 aromatic heterocycles. The maximum absolute atomic E-state index is 10.9. The van der Waals surface area contributed by atoms with Gasteiger partial charge in [-0.2, -0.15) is 0 Å². The predicted molar refractivity (Wildman–Crippen MR) is 82.6 cm³/mol. The first kappa shape index (κ1) is 12.9. The lowest BCUT2D eigenvalue weighted by atomic mass is 9.85. The van der Waals surface area contributed by atoms with Gasteiger partial charge in [0.2, 0.25) is 0 Å². The summed E-state index contributed by atoms with van der Waals surface area (Å²) in [6, 6.07) is 16.6. The first-order chi connectivity index (χ1) is 10.3. The van der Waals surface area contributed by atoms with E-state index in [1.807, 2.05) is 18.2 Å². The second-order valence-electron chi connectivity index (χ2n) is 6.24. The fourth-order valence-electron chi connectivity index (χ4n) is 3.49. The maximum Gasteiger partial charge on any atom is 0.122 e. The molecular weight excluding hydrogens is 260 g/mol. The van der Waals surface area contributed by atoms with E-state index in [2.05, 4.69) is 30.3 Å². The van der Waals surface area contributed by atoms with Gasteiger partial charge in [0, 0.05) is 5.41 Å². The van der Waals surface area contributed by atoms with Crippen molar-refractivity contribution < 1.29 is 9.84 Å². The Labute approximate surface area is 125 Å². The Kier molecular flexibility index (Phi) is 3.00. The zero-order valence-corrected chi connectivity index (χ0v) is 12.1. The van der Waals surface area contributed by atoms with Gasteiger partial charge in [0.05, 0.1) is 12.7 Å². The van der Waals surface area contributed by atoms with Gasteiger partial charge in [-0.05, 0) is 54.5 Å². The Morgan fingerprint density at radius 1 is 1.05 bits per heavy atom. The Balaban J connectivity index is 1.67. The molecule has 0 amide bonds. The van der Waals surface area contributed by atoms with Gasteiger partial charge in [-0.3, -0.25) is 0 Å². The molecule has 0 radical (unpaired) electrons. The van der Waals surface area contributed by atoms with E-state index in [1.54, 1.807) is 0 Å². The van der Waals surface area contributed by atoms with Crippen molar-refractivity contribution in [1.82, 2.24) is 0 Å². The van der Waals surface area contributed by atoms with Crippen molar-refractivity contribution in [2.24, 2.45) is 0 Å². The minimum atomic E-state index is -0.424. The van der Waals surface area contributed by atoms with E-state index in [9.17, 15) is 5.11 Å². The van der Waals surface area contributed by atoms with Gasteiger partial charge in [-0.1, -0.05) is 36.4 Å². The summed E-state index contributed by atoms with van der Waals surface area (Å²) >= 11 is 0. The van der Waals surface area contributed by atoms with Crippen molar-refractivity contribution in [3.05, 3.63) is 65.2 Å². The zero-order chi connectivity index (χ0) is 14.3. The monoisotopic (exact) mass is 280 g/mol. The molecule has 108 valence electrons. The number of ether oxygens (including phenoxy) is 1. The number of hydrogen-bond acceptors (Lipinski definition) is 2. The summed E-state index contributed by atoms with van der Waals surface area (Å²) in [6.07, 6.45) is 3.81. The minimum absolute atomic E-state index is 0.0784. The molecule has 1 aliphatic carbocycles. The summed E-state index contributed by atoms with van der Waals surface area (Å²) in [7, 11) is 0. The molecule has 21 heavy (non-hydrogen) atoms. The van der Waals surface area contributed by atoms with Crippen LogP contribution < -0.4 is 4.74 Å². The van der Waals surface area contributed by atoms with E-state index in [-0.39, 0.29) is 5.41 Å². The van der Waals surface area contributed by atoms with E-state index in [4.69, 9.17) is 4.74 Å². The molecule has 2 aromatic rings. The molecule has 2 heteroatoms. The van der Waals surface area contributed by atoms with Crippen LogP contribution in [0.2, 0.25) is 0 Å². The van der Waals surface area contributed by atoms with Crippen LogP contribution in [-0.2, 0) is 11.8 Å². The zero-order valence-electron chi connectivity index (χ0n) is 12.1. The van der Waals surface area contributed by atoms with Crippen LogP contribution >= 0.6 is 0 Å². The van der Waals surface area contributed by atoms with E-state index in [1.165, 1.54) is 11.1 Å². The Bertz CT molecular complexity index is 644. The normalized spacial score (nSPS) is 20.2. The first-order valence-corrected chi connectivity index (χ1v) is 7.79. The van der Waals surface area contributed by atoms with Crippen LogP contribution in [0.3, 0.4) is 0 Å². The molecule has 1 unspecified atom stereocenters. The number of aliphatic hydroxyl groups is 1. The third-order valence-electron chi connectivity index (χ3n) is 4.91. The highest BCUT2D eigenvalue weighted by Crippen LogP contribution is 2.56. The Hall–Kier alpha value is -1.80. The van der Waals surface area contributed by atoms with Crippen LogP contribution in [0.4, 0.5) is 0 Å². The molecule has 1 N–H and O–H groups in total. The third-order valence-corrected chi connectivity index (χ3v) is 4.91. The number of rotatable bonds is 3. The van der Waals surface area contributed by atoms with Crippen molar-refractivity contribution in [1.29, 1.82) is 0 Å². The molecule has 1 atom stereocenters. The van der Waals surface area contributed by atoms with Gasteiger partial charge < -0.3 is 9.84 Å². The van der Waals surface area contributed by atoms with Crippen molar-refractivity contribution in [2.45, 2.75) is 37.2 Å². The van der Waals surface area contributed by atoms with Crippen molar-refractivity contribution in [3.63, 3.8) is 0 Å². The SMILES string of the molecule is OC(c1ccc2c(c1)CCCO2)C1(c2ccccc2)CC1. The smallest absolute Gasteiger partial charge is 0.122 e. The summed E-state index contributed by atoms with van der Waals surface area (Å²) in [6.45, 7) is 0.808. The van der Waals surface area contributed by atoms with E-state index in [0.29, 0.717) is 0 Å². The molecule has 0 bridgehead atoms. The molecule has 2 nitrogen and oxygen atoms in total. The number of hydrogen-bond donors (Lipinski definition) is 1. The van der Waals surface area contributed by atoms with Gasteiger partial charge in [0.25, 0.3) is 0 Å². The van der Waals surface area contributed by atoms with Gasteiger partial charge in [0.15, 0.2) is 0 Å². The predicted octanol–water partition coefficient (Wildman–Crippen LogP) is 3.78. The number of fused-ring (bicyclic) bond motifs is 1. The van der Waals surface area contributed by atoms with E-state index < -0.39 is 6.10 Å². The second kappa shape index (κ2) is 4.88. The molecule has 0 spiro atoms. The van der Waals surface area contributed by atoms with Crippen LogP contribution in [0.1, 0.15) is 42.1 Å². The van der Waals surface area contributed by atoms with E-state index in [0.717, 1.165) is 43.6 Å². The van der Waals surface area contributed by atoms with Gasteiger partial charge in [-0.25, -0.2) is 0 Å². The summed E-state index contributed by atoms with van der Waals surface area (Å²) < 4.78 is 5.66. The fourth-order valence-corrected chi connectivity index (χ4v) is 3.49.